The topological polar surface area (TPSA) is 169 Å². The Kier molecular flexibility index (Phi) is 10.1. The van der Waals surface area contributed by atoms with Gasteiger partial charge in [0.2, 0.25) is 23.6 Å². The molecule has 17 heteroatoms. The van der Waals surface area contributed by atoms with Gasteiger partial charge in [-0.1, -0.05) is 18.2 Å². The summed E-state index contributed by atoms with van der Waals surface area (Å²) in [6.07, 6.45) is 13.7. The van der Waals surface area contributed by atoms with Crippen molar-refractivity contribution in [3.8, 4) is 16.9 Å². The summed E-state index contributed by atoms with van der Waals surface area (Å²) in [6, 6.07) is 12.2. The van der Waals surface area contributed by atoms with E-state index in [1.807, 2.05) is 47.5 Å². The molecule has 1 spiro atoms. The van der Waals surface area contributed by atoms with Gasteiger partial charge in [0.25, 0.3) is 5.91 Å². The highest BCUT2D eigenvalue weighted by molar-refractivity contribution is 6.00. The number of phenolic OH excluding ortho intramolecular Hbond substituents is 1. The predicted octanol–water partition coefficient (Wildman–Crippen LogP) is 6.57. The molecule has 2 aliphatic heterocycles. The van der Waals surface area contributed by atoms with Crippen molar-refractivity contribution in [1.29, 1.82) is 0 Å². The molecular formula is C46H46F3N9O5. The van der Waals surface area contributed by atoms with Crippen LogP contribution in [0.25, 0.3) is 33.1 Å². The average molecular weight is 862 g/mol. The summed E-state index contributed by atoms with van der Waals surface area (Å²) in [6.45, 7) is 1.98. The van der Waals surface area contributed by atoms with Crippen LogP contribution in [0.4, 0.5) is 19.1 Å². The van der Waals surface area contributed by atoms with E-state index in [2.05, 4.69) is 27.7 Å². The van der Waals surface area contributed by atoms with E-state index in [1.54, 1.807) is 11.6 Å². The van der Waals surface area contributed by atoms with Crippen molar-refractivity contribution < 1.29 is 32.7 Å². The lowest BCUT2D eigenvalue weighted by Crippen LogP contribution is -2.46. The third-order valence-corrected chi connectivity index (χ3v) is 14.2. The number of carbonyl (C=O) groups excluding carboxylic acids is 3. The maximum Gasteiger partial charge on any atom is 0.329 e. The molecule has 326 valence electrons. The number of carbonyl (C=O) groups is 3. The number of halogens is 3. The maximum absolute atomic E-state index is 14.2. The van der Waals surface area contributed by atoms with Crippen molar-refractivity contribution in [2.45, 2.75) is 82.2 Å². The summed E-state index contributed by atoms with van der Waals surface area (Å²) >= 11 is 0. The van der Waals surface area contributed by atoms with E-state index in [9.17, 15) is 37.5 Å². The second-order valence-corrected chi connectivity index (χ2v) is 17.9. The summed E-state index contributed by atoms with van der Waals surface area (Å²) in [5.41, 5.74) is 4.64. The van der Waals surface area contributed by atoms with Gasteiger partial charge in [-0.3, -0.25) is 33.5 Å². The van der Waals surface area contributed by atoms with Crippen LogP contribution in [0.2, 0.25) is 0 Å². The Hall–Kier alpha value is -6.52. The van der Waals surface area contributed by atoms with Gasteiger partial charge >= 0.3 is 5.69 Å². The van der Waals surface area contributed by atoms with Crippen LogP contribution in [0, 0.1) is 28.8 Å². The second kappa shape index (κ2) is 15.7. The molecule has 3 aromatic heterocycles. The van der Waals surface area contributed by atoms with Crippen molar-refractivity contribution in [3.05, 3.63) is 100 Å². The van der Waals surface area contributed by atoms with E-state index < -0.39 is 46.6 Å². The lowest BCUT2D eigenvalue weighted by Gasteiger charge is -2.52. The molecule has 3 aromatic carbocycles. The Morgan fingerprint density at radius 1 is 0.905 bits per heavy atom. The fourth-order valence-corrected chi connectivity index (χ4v) is 10.4. The fourth-order valence-electron chi connectivity index (χ4n) is 10.4. The van der Waals surface area contributed by atoms with Crippen LogP contribution in [-0.4, -0.2) is 71.3 Å². The molecule has 3 amide bonds. The standard InChI is InChI=1S/C46H46F3N9O5/c1-55-37-17-27(6-9-35(37)58(45(55)63)36-10-11-38(59)53-43(36)62)29-19-46(20-29)12-14-56(15-13-46)44-51-22-30(23-52-44)26-4-5-28-24-57(54-34(28)16-26)31-7-2-25(3-8-31)21-50-42(61)32-18-33(47)41(60)40(49)39(32)48/h4-6,9,16-18,22-25,29,31,36,60H,2-3,7-8,10-15,19-21H2,1H3,(H,50,61)(H,53,59,62)/t25-,31-,36?. The number of rotatable bonds is 8. The van der Waals surface area contributed by atoms with Gasteiger partial charge in [0.15, 0.2) is 17.4 Å². The van der Waals surface area contributed by atoms with Crippen LogP contribution < -0.4 is 21.2 Å². The molecule has 63 heavy (non-hydrogen) atoms. The zero-order valence-electron chi connectivity index (χ0n) is 34.6. The summed E-state index contributed by atoms with van der Waals surface area (Å²) < 4.78 is 46.8. The summed E-state index contributed by atoms with van der Waals surface area (Å²) in [5.74, 6) is -6.67. The van der Waals surface area contributed by atoms with Crippen LogP contribution in [-0.2, 0) is 16.6 Å². The molecule has 2 saturated heterocycles. The van der Waals surface area contributed by atoms with Crippen LogP contribution in [0.15, 0.2) is 65.8 Å². The molecule has 10 rings (SSSR count). The predicted molar refractivity (Wildman–Crippen MR) is 227 cm³/mol. The van der Waals surface area contributed by atoms with Gasteiger partial charge in [-0.2, -0.15) is 9.49 Å². The molecular weight excluding hydrogens is 816 g/mol. The number of phenols is 1. The SMILES string of the molecule is Cn1c(=O)n(C2CCC(=O)NC2=O)c2ccc(C3CC4(CCN(c5ncc(-c6ccc7cn([C@H]8CC[C@H](CNC(=O)c9cc(F)c(O)c(F)c9F)CC8)nc7c6)cn5)CC4)C3)cc21. The number of nitrogens with zero attached hydrogens (tertiary/aromatic N) is 7. The van der Waals surface area contributed by atoms with E-state index in [0.717, 1.165) is 92.0 Å². The molecule has 2 aliphatic carbocycles. The number of imide groups is 1. The van der Waals surface area contributed by atoms with Gasteiger partial charge in [0.1, 0.15) is 6.04 Å². The molecule has 4 fully saturated rings. The third kappa shape index (κ3) is 7.30. The highest BCUT2D eigenvalue weighted by Crippen LogP contribution is 2.57. The van der Waals surface area contributed by atoms with Crippen molar-refractivity contribution in [2.75, 3.05) is 24.5 Å². The Balaban J connectivity index is 0.719. The molecule has 0 radical (unpaired) electrons. The summed E-state index contributed by atoms with van der Waals surface area (Å²) in [7, 11) is 1.73. The quantitative estimate of drug-likeness (QED) is 0.113. The van der Waals surface area contributed by atoms with Gasteiger partial charge < -0.3 is 15.3 Å². The molecule has 1 unspecified atom stereocenters. The smallest absolute Gasteiger partial charge is 0.329 e. The van der Waals surface area contributed by atoms with E-state index in [-0.39, 0.29) is 41.9 Å². The molecule has 2 saturated carbocycles. The second-order valence-electron chi connectivity index (χ2n) is 17.9. The van der Waals surface area contributed by atoms with Crippen molar-refractivity contribution in [1.82, 2.24) is 39.5 Å². The summed E-state index contributed by atoms with van der Waals surface area (Å²) in [4.78, 5) is 61.9. The lowest BCUT2D eigenvalue weighted by atomic mass is 9.56. The Labute approximate surface area is 359 Å². The number of anilines is 1. The monoisotopic (exact) mass is 861 g/mol. The van der Waals surface area contributed by atoms with Crippen molar-refractivity contribution in [2.24, 2.45) is 18.4 Å². The number of hydrogen-bond donors (Lipinski definition) is 3. The van der Waals surface area contributed by atoms with Gasteiger partial charge in [-0.05, 0) is 110 Å². The minimum atomic E-state index is -1.79. The van der Waals surface area contributed by atoms with E-state index in [1.165, 1.54) is 10.1 Å². The number of benzene rings is 3. The fraction of sp³-hybridized carbons (Fsp3) is 0.413. The maximum atomic E-state index is 14.2. The third-order valence-electron chi connectivity index (χ3n) is 14.2. The average Bonchev–Trinajstić information content (AvgIpc) is 3.82. The van der Waals surface area contributed by atoms with E-state index in [0.29, 0.717) is 29.9 Å². The number of aryl methyl sites for hydroxylation is 1. The largest absolute Gasteiger partial charge is 0.503 e. The highest BCUT2D eigenvalue weighted by atomic mass is 19.2. The first kappa shape index (κ1) is 40.5. The first-order chi connectivity index (χ1) is 30.3. The first-order valence-corrected chi connectivity index (χ1v) is 21.6. The van der Waals surface area contributed by atoms with Gasteiger partial charge in [-0.15, -0.1) is 0 Å². The lowest BCUT2D eigenvalue weighted by molar-refractivity contribution is -0.135. The number of imidazole rings is 1. The number of nitrogens with one attached hydrogen (secondary N) is 2. The normalized spacial score (nSPS) is 21.5. The number of aromatic hydroxyl groups is 1. The van der Waals surface area contributed by atoms with Gasteiger partial charge in [0.05, 0.1) is 28.2 Å². The van der Waals surface area contributed by atoms with Gasteiger partial charge in [0, 0.05) is 62.6 Å². The van der Waals surface area contributed by atoms with Crippen LogP contribution in [0.1, 0.15) is 98.1 Å². The Bertz CT molecular complexity index is 2870. The van der Waals surface area contributed by atoms with Crippen LogP contribution in [0.5, 0.6) is 5.75 Å². The molecule has 6 aromatic rings. The molecule has 5 heterocycles. The number of piperidine rings is 2. The Morgan fingerprint density at radius 3 is 2.38 bits per heavy atom. The number of aromatic nitrogens is 6. The summed E-state index contributed by atoms with van der Waals surface area (Å²) in [5, 5.41) is 20.1. The Morgan fingerprint density at radius 2 is 1.65 bits per heavy atom. The number of fused-ring (bicyclic) bond motifs is 2. The molecule has 4 aliphatic rings. The van der Waals surface area contributed by atoms with Crippen LogP contribution >= 0.6 is 0 Å². The van der Waals surface area contributed by atoms with Crippen molar-refractivity contribution in [3.63, 3.8) is 0 Å². The molecule has 1 atom stereocenters. The zero-order chi connectivity index (χ0) is 43.7. The molecule has 3 N–H and O–H groups in total. The minimum Gasteiger partial charge on any atom is -0.503 e. The van der Waals surface area contributed by atoms with Crippen molar-refractivity contribution >= 4 is 45.6 Å². The van der Waals surface area contributed by atoms with Crippen LogP contribution in [0.3, 0.4) is 0 Å². The molecule has 0 bridgehead atoms. The number of hydrogen-bond acceptors (Lipinski definition) is 9. The number of amides is 3. The van der Waals surface area contributed by atoms with E-state index >= 15 is 0 Å². The van der Waals surface area contributed by atoms with Gasteiger partial charge in [-0.25, -0.2) is 23.5 Å². The van der Waals surface area contributed by atoms with E-state index in [4.69, 9.17) is 15.1 Å². The minimum absolute atomic E-state index is 0.110. The highest BCUT2D eigenvalue weighted by Gasteiger charge is 2.46. The zero-order valence-corrected chi connectivity index (χ0v) is 34.6. The molecule has 14 nitrogen and oxygen atoms in total. The first-order valence-electron chi connectivity index (χ1n) is 21.6.